The molecule has 2 aromatic carbocycles. The van der Waals surface area contributed by atoms with Crippen LogP contribution in [-0.2, 0) is 6.42 Å². The molecule has 0 aliphatic carbocycles. The first-order chi connectivity index (χ1) is 8.43. The maximum atomic E-state index is 12.6. The molecular formula is C14H13F3O. The summed E-state index contributed by atoms with van der Waals surface area (Å²) in [7, 11) is 0. The van der Waals surface area contributed by atoms with E-state index in [0.717, 1.165) is 17.4 Å². The summed E-state index contributed by atoms with van der Waals surface area (Å²) < 4.78 is 37.7. The largest absolute Gasteiger partial charge is 0.418 e. The number of aliphatic hydroxyl groups is 1. The van der Waals surface area contributed by atoms with E-state index in [1.807, 2.05) is 13.0 Å². The van der Waals surface area contributed by atoms with Crippen molar-refractivity contribution in [3.8, 4) is 0 Å². The molecule has 0 saturated carbocycles. The van der Waals surface area contributed by atoms with Crippen LogP contribution in [0.3, 0.4) is 0 Å². The molecule has 0 bridgehead atoms. The van der Waals surface area contributed by atoms with Gasteiger partial charge in [-0.25, -0.2) is 0 Å². The lowest BCUT2D eigenvalue weighted by atomic mass is 9.98. The van der Waals surface area contributed by atoms with Crippen LogP contribution in [0.25, 0.3) is 10.8 Å². The molecule has 1 N–H and O–H groups in total. The van der Waals surface area contributed by atoms with Crippen molar-refractivity contribution in [2.24, 2.45) is 0 Å². The van der Waals surface area contributed by atoms with Crippen LogP contribution in [0, 0.1) is 0 Å². The molecule has 2 rings (SSSR count). The van der Waals surface area contributed by atoms with Crippen molar-refractivity contribution in [2.75, 3.05) is 0 Å². The molecule has 4 heteroatoms. The number of halogens is 3. The number of aryl methyl sites for hydroxylation is 1. The number of alkyl halides is 3. The summed E-state index contributed by atoms with van der Waals surface area (Å²) in [6.07, 6.45) is -6.26. The summed E-state index contributed by atoms with van der Waals surface area (Å²) in [4.78, 5) is 0. The molecule has 0 spiro atoms. The second-order valence-electron chi connectivity index (χ2n) is 4.20. The molecule has 0 aliphatic rings. The fourth-order valence-electron chi connectivity index (χ4n) is 1.99. The van der Waals surface area contributed by atoms with Gasteiger partial charge in [-0.1, -0.05) is 43.3 Å². The quantitative estimate of drug-likeness (QED) is 0.858. The molecule has 0 radical (unpaired) electrons. The van der Waals surface area contributed by atoms with Crippen LogP contribution in [0.5, 0.6) is 0 Å². The molecule has 0 amide bonds. The summed E-state index contributed by atoms with van der Waals surface area (Å²) in [5, 5.41) is 10.5. The van der Waals surface area contributed by atoms with E-state index in [9.17, 15) is 18.3 Å². The van der Waals surface area contributed by atoms with E-state index in [0.29, 0.717) is 5.39 Å². The van der Waals surface area contributed by atoms with E-state index in [4.69, 9.17) is 0 Å². The predicted octanol–water partition coefficient (Wildman–Crippen LogP) is 4.00. The minimum absolute atomic E-state index is 0.0948. The Labute approximate surface area is 103 Å². The number of fused-ring (bicyclic) bond motifs is 1. The van der Waals surface area contributed by atoms with Crippen molar-refractivity contribution in [2.45, 2.75) is 25.6 Å². The Bertz CT molecular complexity index is 560. The van der Waals surface area contributed by atoms with Crippen molar-refractivity contribution in [1.82, 2.24) is 0 Å². The average molecular weight is 254 g/mol. The van der Waals surface area contributed by atoms with Gasteiger partial charge in [0.25, 0.3) is 0 Å². The molecule has 0 aromatic heterocycles. The smallest absolute Gasteiger partial charge is 0.379 e. The van der Waals surface area contributed by atoms with Crippen LogP contribution in [-0.4, -0.2) is 11.3 Å². The minimum Gasteiger partial charge on any atom is -0.379 e. The lowest BCUT2D eigenvalue weighted by molar-refractivity contribution is -0.206. The maximum absolute atomic E-state index is 12.6. The van der Waals surface area contributed by atoms with Gasteiger partial charge in [0.2, 0.25) is 0 Å². The highest BCUT2D eigenvalue weighted by Gasteiger charge is 2.39. The first kappa shape index (κ1) is 12.9. The molecule has 0 aliphatic heterocycles. The van der Waals surface area contributed by atoms with E-state index < -0.39 is 12.3 Å². The zero-order valence-electron chi connectivity index (χ0n) is 9.83. The van der Waals surface area contributed by atoms with Gasteiger partial charge in [-0.15, -0.1) is 0 Å². The normalized spacial score (nSPS) is 13.8. The van der Waals surface area contributed by atoms with Crippen LogP contribution < -0.4 is 0 Å². The van der Waals surface area contributed by atoms with Gasteiger partial charge in [0.05, 0.1) is 0 Å². The standard InChI is InChI=1S/C14H13F3O/c1-2-9-6-7-11-10(8-9)4-3-5-12(11)13(18)14(15,16)17/h3-8,13,18H,2H2,1H3. The Morgan fingerprint density at radius 1 is 1.17 bits per heavy atom. The highest BCUT2D eigenvalue weighted by molar-refractivity contribution is 5.86. The van der Waals surface area contributed by atoms with Gasteiger partial charge >= 0.3 is 6.18 Å². The van der Waals surface area contributed by atoms with Crippen molar-refractivity contribution in [3.05, 3.63) is 47.5 Å². The minimum atomic E-state index is -4.64. The van der Waals surface area contributed by atoms with Gasteiger partial charge in [0.15, 0.2) is 6.10 Å². The first-order valence-electron chi connectivity index (χ1n) is 5.70. The van der Waals surface area contributed by atoms with E-state index in [2.05, 4.69) is 0 Å². The monoisotopic (exact) mass is 254 g/mol. The molecule has 0 heterocycles. The van der Waals surface area contributed by atoms with E-state index in [-0.39, 0.29) is 5.56 Å². The number of benzene rings is 2. The third-order valence-electron chi connectivity index (χ3n) is 2.99. The van der Waals surface area contributed by atoms with Crippen molar-refractivity contribution >= 4 is 10.8 Å². The SMILES string of the molecule is CCc1ccc2c(C(O)C(F)(F)F)cccc2c1. The van der Waals surface area contributed by atoms with Crippen LogP contribution in [0.15, 0.2) is 36.4 Å². The first-order valence-corrected chi connectivity index (χ1v) is 5.70. The Balaban J connectivity index is 2.59. The molecule has 96 valence electrons. The van der Waals surface area contributed by atoms with Gasteiger partial charge < -0.3 is 5.11 Å². The second kappa shape index (κ2) is 4.61. The zero-order valence-corrected chi connectivity index (χ0v) is 9.83. The molecule has 1 nitrogen and oxygen atoms in total. The zero-order chi connectivity index (χ0) is 13.3. The van der Waals surface area contributed by atoms with Crippen molar-refractivity contribution in [1.29, 1.82) is 0 Å². The third-order valence-corrected chi connectivity index (χ3v) is 2.99. The number of rotatable bonds is 2. The van der Waals surface area contributed by atoms with Gasteiger partial charge in [0.1, 0.15) is 0 Å². The van der Waals surface area contributed by atoms with Crippen LogP contribution in [0.2, 0.25) is 0 Å². The molecule has 0 saturated heterocycles. The van der Waals surface area contributed by atoms with Crippen molar-refractivity contribution < 1.29 is 18.3 Å². The summed E-state index contributed by atoms with van der Waals surface area (Å²) in [6.45, 7) is 1.98. The highest BCUT2D eigenvalue weighted by atomic mass is 19.4. The molecule has 18 heavy (non-hydrogen) atoms. The highest BCUT2D eigenvalue weighted by Crippen LogP contribution is 2.36. The Hall–Kier alpha value is -1.55. The van der Waals surface area contributed by atoms with E-state index in [1.165, 1.54) is 12.1 Å². The summed E-state index contributed by atoms with van der Waals surface area (Å²) >= 11 is 0. The van der Waals surface area contributed by atoms with Gasteiger partial charge in [-0.05, 0) is 28.3 Å². The Kier molecular flexibility index (Phi) is 3.30. The van der Waals surface area contributed by atoms with E-state index >= 15 is 0 Å². The number of hydrogen-bond acceptors (Lipinski definition) is 1. The molecule has 1 atom stereocenters. The lowest BCUT2D eigenvalue weighted by Crippen LogP contribution is -2.20. The maximum Gasteiger partial charge on any atom is 0.418 e. The molecule has 1 unspecified atom stereocenters. The Morgan fingerprint density at radius 3 is 2.50 bits per heavy atom. The molecule has 2 aromatic rings. The second-order valence-corrected chi connectivity index (χ2v) is 4.20. The van der Waals surface area contributed by atoms with Crippen LogP contribution in [0.1, 0.15) is 24.2 Å². The lowest BCUT2D eigenvalue weighted by Gasteiger charge is -2.17. The summed E-state index contributed by atoms with van der Waals surface area (Å²) in [5.41, 5.74) is 0.962. The predicted molar refractivity (Wildman–Crippen MR) is 64.3 cm³/mol. The van der Waals surface area contributed by atoms with Crippen LogP contribution in [0.4, 0.5) is 13.2 Å². The fraction of sp³-hybridized carbons (Fsp3) is 0.286. The summed E-state index contributed by atoms with van der Waals surface area (Å²) in [5.74, 6) is 0. The number of hydrogen-bond donors (Lipinski definition) is 1. The third kappa shape index (κ3) is 2.34. The molecule has 0 fully saturated rings. The van der Waals surface area contributed by atoms with Crippen molar-refractivity contribution in [3.63, 3.8) is 0 Å². The van der Waals surface area contributed by atoms with E-state index in [1.54, 1.807) is 18.2 Å². The average Bonchev–Trinajstić information content (AvgIpc) is 2.35. The Morgan fingerprint density at radius 2 is 1.89 bits per heavy atom. The van der Waals surface area contributed by atoms with Gasteiger partial charge in [-0.2, -0.15) is 13.2 Å². The molecular weight excluding hydrogens is 241 g/mol. The van der Waals surface area contributed by atoms with Gasteiger partial charge in [-0.3, -0.25) is 0 Å². The topological polar surface area (TPSA) is 20.2 Å². The number of aliphatic hydroxyl groups excluding tert-OH is 1. The fourth-order valence-corrected chi connectivity index (χ4v) is 1.99. The summed E-state index contributed by atoms with van der Waals surface area (Å²) in [6, 6.07) is 9.87. The van der Waals surface area contributed by atoms with Crippen LogP contribution >= 0.6 is 0 Å². The van der Waals surface area contributed by atoms with Gasteiger partial charge in [0, 0.05) is 0 Å².